The molecule has 0 aliphatic heterocycles. The molecule has 0 saturated carbocycles. The fourth-order valence-electron chi connectivity index (χ4n) is 4.29. The Morgan fingerprint density at radius 2 is 1.90 bits per heavy atom. The van der Waals surface area contributed by atoms with Crippen LogP contribution in [0.25, 0.3) is 22.3 Å². The van der Waals surface area contributed by atoms with Gasteiger partial charge >= 0.3 is 0 Å². The first kappa shape index (κ1) is 23.3. The van der Waals surface area contributed by atoms with Crippen molar-refractivity contribution >= 4 is 11.0 Å². The first-order valence-corrected chi connectivity index (χ1v) is 11.6. The zero-order chi connectivity index (χ0) is 22.5. The van der Waals surface area contributed by atoms with Crippen molar-refractivity contribution < 1.29 is 9.84 Å². The molecular formula is C26H37N3O2. The van der Waals surface area contributed by atoms with Crippen LogP contribution in [-0.4, -0.2) is 33.4 Å². The first-order valence-electron chi connectivity index (χ1n) is 11.6. The van der Waals surface area contributed by atoms with Gasteiger partial charge in [-0.25, -0.2) is 9.97 Å². The van der Waals surface area contributed by atoms with E-state index in [0.29, 0.717) is 11.8 Å². The van der Waals surface area contributed by atoms with Gasteiger partial charge in [-0.1, -0.05) is 47.0 Å². The van der Waals surface area contributed by atoms with Crippen molar-refractivity contribution in [1.82, 2.24) is 14.5 Å². The number of aryl methyl sites for hydroxylation is 2. The monoisotopic (exact) mass is 423 g/mol. The van der Waals surface area contributed by atoms with Crippen molar-refractivity contribution in [2.24, 2.45) is 7.05 Å². The van der Waals surface area contributed by atoms with Gasteiger partial charge in [0.15, 0.2) is 0 Å². The molecule has 0 fully saturated rings. The van der Waals surface area contributed by atoms with Gasteiger partial charge in [0.2, 0.25) is 5.88 Å². The molecule has 0 aliphatic rings. The molecule has 0 saturated heterocycles. The quantitative estimate of drug-likeness (QED) is 0.407. The van der Waals surface area contributed by atoms with Gasteiger partial charge < -0.3 is 14.4 Å². The second kappa shape index (κ2) is 10.3. The smallest absolute Gasteiger partial charge is 0.222 e. The molecule has 5 nitrogen and oxygen atoms in total. The Morgan fingerprint density at radius 1 is 1.13 bits per heavy atom. The lowest BCUT2D eigenvalue weighted by Gasteiger charge is -2.15. The molecule has 0 amide bonds. The average Bonchev–Trinajstić information content (AvgIpc) is 3.10. The fraction of sp³-hybridized carbons (Fsp3) is 0.538. The summed E-state index contributed by atoms with van der Waals surface area (Å²) in [6, 6.07) is 6.41. The van der Waals surface area contributed by atoms with Crippen LogP contribution in [0.15, 0.2) is 24.4 Å². The maximum atomic E-state index is 10.1. The van der Waals surface area contributed by atoms with E-state index in [1.165, 1.54) is 24.0 Å². The lowest BCUT2D eigenvalue weighted by atomic mass is 9.93. The summed E-state index contributed by atoms with van der Waals surface area (Å²) in [5, 5.41) is 11.2. The average molecular weight is 424 g/mol. The van der Waals surface area contributed by atoms with E-state index < -0.39 is 0 Å². The van der Waals surface area contributed by atoms with Crippen LogP contribution in [-0.2, 0) is 13.5 Å². The number of fused-ring (bicyclic) bond motifs is 1. The Bertz CT molecular complexity index is 1020. The molecule has 0 spiro atoms. The van der Waals surface area contributed by atoms with Gasteiger partial charge in [0.25, 0.3) is 0 Å². The van der Waals surface area contributed by atoms with Gasteiger partial charge in [-0.15, -0.1) is 0 Å². The number of pyridine rings is 2. The predicted molar refractivity (Wildman–Crippen MR) is 128 cm³/mol. The second-order valence-corrected chi connectivity index (χ2v) is 8.74. The zero-order valence-corrected chi connectivity index (χ0v) is 19.9. The largest absolute Gasteiger partial charge is 0.480 e. The normalized spacial score (nSPS) is 12.6. The molecule has 168 valence electrons. The molecule has 3 rings (SSSR count). The highest BCUT2D eigenvalue weighted by Gasteiger charge is 2.21. The highest BCUT2D eigenvalue weighted by Crippen LogP contribution is 2.36. The first-order chi connectivity index (χ1) is 14.9. The summed E-state index contributed by atoms with van der Waals surface area (Å²) in [7, 11) is 3.70. The third kappa shape index (κ3) is 4.77. The third-order valence-electron chi connectivity index (χ3n) is 6.18. The Morgan fingerprint density at radius 3 is 2.52 bits per heavy atom. The summed E-state index contributed by atoms with van der Waals surface area (Å²) in [5.41, 5.74) is 6.17. The Balaban J connectivity index is 2.13. The molecule has 3 aromatic rings. The summed E-state index contributed by atoms with van der Waals surface area (Å²) >= 11 is 0. The number of hydrogen-bond donors (Lipinski definition) is 1. The minimum absolute atomic E-state index is 0.147. The van der Waals surface area contributed by atoms with Crippen molar-refractivity contribution in [1.29, 1.82) is 0 Å². The van der Waals surface area contributed by atoms with Crippen LogP contribution < -0.4 is 4.74 Å². The summed E-state index contributed by atoms with van der Waals surface area (Å²) in [6.07, 6.45) is 7.52. The third-order valence-corrected chi connectivity index (χ3v) is 6.18. The van der Waals surface area contributed by atoms with Crippen LogP contribution in [0.5, 0.6) is 5.88 Å². The van der Waals surface area contributed by atoms with E-state index in [1.54, 1.807) is 7.11 Å². The van der Waals surface area contributed by atoms with Gasteiger partial charge in [-0.05, 0) is 48.1 Å². The van der Waals surface area contributed by atoms with Gasteiger partial charge in [-0.2, -0.15) is 0 Å². The molecule has 0 aliphatic carbocycles. The van der Waals surface area contributed by atoms with Crippen molar-refractivity contribution in [3.63, 3.8) is 0 Å². The van der Waals surface area contributed by atoms with Gasteiger partial charge in [-0.3, -0.25) is 0 Å². The molecule has 0 bridgehead atoms. The van der Waals surface area contributed by atoms with E-state index in [2.05, 4.69) is 56.7 Å². The summed E-state index contributed by atoms with van der Waals surface area (Å²) in [6.45, 7) is 8.80. The lowest BCUT2D eigenvalue weighted by Crippen LogP contribution is -2.04. The predicted octanol–water partition coefficient (Wildman–Crippen LogP) is 5.99. The number of rotatable bonds is 10. The van der Waals surface area contributed by atoms with Crippen molar-refractivity contribution in [3.8, 4) is 17.1 Å². The summed E-state index contributed by atoms with van der Waals surface area (Å²) in [4.78, 5) is 9.83. The van der Waals surface area contributed by atoms with E-state index in [-0.39, 0.29) is 12.5 Å². The number of methoxy groups -OCH3 is 1. The highest BCUT2D eigenvalue weighted by atomic mass is 16.5. The SMILES string of the molecule is CCCCC[C@@H](CO)c1cn(C)c2nc(-c3ccc(C(C)C)nc3OC)c(CC)cc12. The number of aromatic nitrogens is 3. The second-order valence-electron chi connectivity index (χ2n) is 8.74. The maximum Gasteiger partial charge on any atom is 0.222 e. The lowest BCUT2D eigenvalue weighted by molar-refractivity contribution is 0.257. The maximum absolute atomic E-state index is 10.1. The zero-order valence-electron chi connectivity index (χ0n) is 19.9. The van der Waals surface area contributed by atoms with Crippen LogP contribution >= 0.6 is 0 Å². The Kier molecular flexibility index (Phi) is 7.71. The topological polar surface area (TPSA) is 60.2 Å². The standard InChI is InChI=1S/C26H37N3O2/c1-7-9-10-11-19(16-30)22-15-29(5)25-21(22)14-18(8-2)24(28-25)20-12-13-23(17(3)4)27-26(20)31-6/h12-15,17,19,30H,7-11,16H2,1-6H3/t19-/m0/s1. The number of aliphatic hydroxyl groups excluding tert-OH is 1. The number of hydrogen-bond acceptors (Lipinski definition) is 4. The summed E-state index contributed by atoms with van der Waals surface area (Å²) < 4.78 is 7.74. The van der Waals surface area contributed by atoms with Crippen molar-refractivity contribution in [2.45, 2.75) is 71.6 Å². The number of nitrogens with zero attached hydrogens (tertiary/aromatic N) is 3. The molecule has 0 radical (unpaired) electrons. The van der Waals surface area contributed by atoms with Crippen LogP contribution in [0.1, 0.15) is 82.0 Å². The van der Waals surface area contributed by atoms with E-state index in [4.69, 9.17) is 14.7 Å². The van der Waals surface area contributed by atoms with Gasteiger partial charge in [0.05, 0.1) is 25.0 Å². The van der Waals surface area contributed by atoms with Crippen molar-refractivity contribution in [3.05, 3.63) is 41.2 Å². The van der Waals surface area contributed by atoms with Crippen LogP contribution in [0.3, 0.4) is 0 Å². The van der Waals surface area contributed by atoms with Crippen molar-refractivity contribution in [2.75, 3.05) is 13.7 Å². The molecule has 0 aromatic carbocycles. The van der Waals surface area contributed by atoms with Crippen LogP contribution in [0, 0.1) is 0 Å². The molecule has 3 heterocycles. The Hall–Kier alpha value is -2.40. The fourth-order valence-corrected chi connectivity index (χ4v) is 4.29. The van der Waals surface area contributed by atoms with Crippen LogP contribution in [0.4, 0.5) is 0 Å². The molecule has 1 atom stereocenters. The molecular weight excluding hydrogens is 386 g/mol. The van der Waals surface area contributed by atoms with E-state index in [0.717, 1.165) is 47.2 Å². The summed E-state index contributed by atoms with van der Waals surface area (Å²) in [5.74, 6) is 1.10. The minimum atomic E-state index is 0.147. The van der Waals surface area contributed by atoms with E-state index in [1.807, 2.05) is 7.05 Å². The minimum Gasteiger partial charge on any atom is -0.480 e. The molecule has 0 unspecified atom stereocenters. The Labute approximate surface area is 186 Å². The number of unbranched alkanes of at least 4 members (excludes halogenated alkanes) is 2. The molecule has 3 aromatic heterocycles. The van der Waals surface area contributed by atoms with E-state index >= 15 is 0 Å². The molecule has 5 heteroatoms. The van der Waals surface area contributed by atoms with E-state index in [9.17, 15) is 5.11 Å². The molecule has 31 heavy (non-hydrogen) atoms. The molecule has 1 N–H and O–H groups in total. The number of ether oxygens (including phenoxy) is 1. The highest BCUT2D eigenvalue weighted by molar-refractivity contribution is 5.86. The number of aliphatic hydroxyl groups is 1. The van der Waals surface area contributed by atoms with Gasteiger partial charge in [0, 0.05) is 30.2 Å². The van der Waals surface area contributed by atoms with Crippen LogP contribution in [0.2, 0.25) is 0 Å². The van der Waals surface area contributed by atoms with Gasteiger partial charge in [0.1, 0.15) is 5.65 Å².